The third kappa shape index (κ3) is 3.83. The Kier molecular flexibility index (Phi) is 5.34. The number of H-pyrrole nitrogens is 3. The summed E-state index contributed by atoms with van der Waals surface area (Å²) in [6.45, 7) is 0.288. The minimum atomic E-state index is -0.310. The van der Waals surface area contributed by atoms with Crippen LogP contribution in [0, 0.1) is 5.92 Å². The van der Waals surface area contributed by atoms with Gasteiger partial charge in [0.1, 0.15) is 18.0 Å². The van der Waals surface area contributed by atoms with Crippen molar-refractivity contribution < 1.29 is 24.2 Å². The van der Waals surface area contributed by atoms with Crippen molar-refractivity contribution in [2.24, 2.45) is 5.92 Å². The molecular formula is C32H27N5O5. The SMILES string of the molecule is COOCc1cc2cc(NC(=O)c3cc4cc(NC(=O)c5cc6c([nH]5)C(=O)C=C5CCC7CC567)ccc4[nH]3)ccc2[nH]1. The summed E-state index contributed by atoms with van der Waals surface area (Å²) in [5.41, 5.74) is 7.27. The lowest BCUT2D eigenvalue weighted by molar-refractivity contribution is -0.282. The molecule has 0 radical (unpaired) electrons. The quantitative estimate of drug-likeness (QED) is 0.127. The van der Waals surface area contributed by atoms with E-state index in [4.69, 9.17) is 4.89 Å². The summed E-state index contributed by atoms with van der Waals surface area (Å²) in [5, 5.41) is 7.59. The van der Waals surface area contributed by atoms with Gasteiger partial charge in [-0.3, -0.25) is 14.4 Å². The molecule has 210 valence electrons. The first kappa shape index (κ1) is 24.8. The number of rotatable bonds is 7. The normalized spacial score (nSPS) is 20.3. The minimum absolute atomic E-state index is 0.0331. The highest BCUT2D eigenvalue weighted by Crippen LogP contribution is 2.68. The van der Waals surface area contributed by atoms with Crippen LogP contribution in [-0.4, -0.2) is 39.7 Å². The number of anilines is 2. The second kappa shape index (κ2) is 9.04. The van der Waals surface area contributed by atoms with Gasteiger partial charge in [-0.25, -0.2) is 9.78 Å². The molecule has 10 heteroatoms. The van der Waals surface area contributed by atoms with Crippen molar-refractivity contribution >= 4 is 50.8 Å². The van der Waals surface area contributed by atoms with Crippen molar-refractivity contribution in [3.05, 3.63) is 94.6 Å². The number of aromatic amines is 3. The van der Waals surface area contributed by atoms with Crippen molar-refractivity contribution in [2.75, 3.05) is 17.7 Å². The number of nitrogens with one attached hydrogen (secondary N) is 5. The third-order valence-electron chi connectivity index (χ3n) is 8.92. The summed E-state index contributed by atoms with van der Waals surface area (Å²) >= 11 is 0. The van der Waals surface area contributed by atoms with Crippen LogP contribution in [0.5, 0.6) is 0 Å². The molecule has 3 heterocycles. The van der Waals surface area contributed by atoms with E-state index in [9.17, 15) is 14.4 Å². The average Bonchev–Trinajstić information content (AvgIpc) is 3.46. The average molecular weight is 562 g/mol. The summed E-state index contributed by atoms with van der Waals surface area (Å²) in [7, 11) is 1.46. The molecule has 2 aromatic carbocycles. The second-order valence-electron chi connectivity index (χ2n) is 11.3. The van der Waals surface area contributed by atoms with Gasteiger partial charge in [0.05, 0.1) is 12.8 Å². The summed E-state index contributed by atoms with van der Waals surface area (Å²) in [6, 6.07) is 16.6. The molecule has 3 aromatic heterocycles. The van der Waals surface area contributed by atoms with Gasteiger partial charge in [0.15, 0.2) is 0 Å². The van der Waals surface area contributed by atoms with Gasteiger partial charge in [0.25, 0.3) is 11.8 Å². The molecule has 2 saturated carbocycles. The summed E-state index contributed by atoms with van der Waals surface area (Å²) in [5.74, 6) is -0.0642. The smallest absolute Gasteiger partial charge is 0.272 e. The predicted octanol–water partition coefficient (Wildman–Crippen LogP) is 5.73. The Morgan fingerprint density at radius 2 is 1.60 bits per heavy atom. The molecule has 42 heavy (non-hydrogen) atoms. The topological polar surface area (TPSA) is 141 Å². The maximum Gasteiger partial charge on any atom is 0.272 e. The first-order chi connectivity index (χ1) is 20.4. The molecule has 5 aromatic rings. The van der Waals surface area contributed by atoms with Crippen LogP contribution >= 0.6 is 0 Å². The van der Waals surface area contributed by atoms with Gasteiger partial charge in [-0.15, -0.1) is 0 Å². The largest absolute Gasteiger partial charge is 0.356 e. The van der Waals surface area contributed by atoms with Crippen LogP contribution in [0.25, 0.3) is 21.8 Å². The van der Waals surface area contributed by atoms with E-state index < -0.39 is 0 Å². The zero-order valence-corrected chi connectivity index (χ0v) is 22.7. The molecule has 10 nitrogen and oxygen atoms in total. The molecular weight excluding hydrogens is 534 g/mol. The molecule has 8 rings (SSSR count). The highest BCUT2D eigenvalue weighted by atomic mass is 17.2. The first-order valence-corrected chi connectivity index (χ1v) is 13.9. The Bertz CT molecular complexity index is 1990. The van der Waals surface area contributed by atoms with Crippen molar-refractivity contribution in [2.45, 2.75) is 31.3 Å². The van der Waals surface area contributed by atoms with E-state index in [1.165, 1.54) is 12.7 Å². The lowest BCUT2D eigenvalue weighted by Crippen LogP contribution is -2.19. The van der Waals surface area contributed by atoms with Gasteiger partial charge in [0.2, 0.25) is 5.78 Å². The molecule has 0 bridgehead atoms. The summed E-state index contributed by atoms with van der Waals surface area (Å²) in [4.78, 5) is 58.1. The molecule has 3 aliphatic rings. The fourth-order valence-corrected chi connectivity index (χ4v) is 6.88. The molecule has 2 amide bonds. The minimum Gasteiger partial charge on any atom is -0.356 e. The van der Waals surface area contributed by atoms with Crippen LogP contribution in [0.15, 0.2) is 66.2 Å². The van der Waals surface area contributed by atoms with Gasteiger partial charge in [0, 0.05) is 44.3 Å². The molecule has 0 aliphatic heterocycles. The second-order valence-corrected chi connectivity index (χ2v) is 11.3. The van der Waals surface area contributed by atoms with E-state index in [0.29, 0.717) is 34.4 Å². The van der Waals surface area contributed by atoms with Crippen LogP contribution in [0.1, 0.15) is 62.0 Å². The van der Waals surface area contributed by atoms with Crippen LogP contribution in [0.4, 0.5) is 11.4 Å². The molecule has 3 aliphatic carbocycles. The molecule has 5 N–H and O–H groups in total. The van der Waals surface area contributed by atoms with Gasteiger partial charge in [-0.1, -0.05) is 5.57 Å². The van der Waals surface area contributed by atoms with Crippen LogP contribution in [0.3, 0.4) is 0 Å². The zero-order chi connectivity index (χ0) is 28.6. The van der Waals surface area contributed by atoms with Crippen LogP contribution in [-0.2, 0) is 21.8 Å². The molecule has 2 fully saturated rings. The van der Waals surface area contributed by atoms with E-state index in [1.54, 1.807) is 18.2 Å². The summed E-state index contributed by atoms with van der Waals surface area (Å²) < 4.78 is 0. The van der Waals surface area contributed by atoms with E-state index in [2.05, 4.69) is 30.5 Å². The molecule has 2 unspecified atom stereocenters. The first-order valence-electron chi connectivity index (χ1n) is 13.9. The lowest BCUT2D eigenvalue weighted by Gasteiger charge is -2.20. The Labute approximate surface area is 239 Å². The fourth-order valence-electron chi connectivity index (χ4n) is 6.88. The molecule has 2 atom stereocenters. The van der Waals surface area contributed by atoms with E-state index in [-0.39, 0.29) is 29.6 Å². The van der Waals surface area contributed by atoms with Crippen molar-refractivity contribution in [3.8, 4) is 0 Å². The Morgan fingerprint density at radius 3 is 2.31 bits per heavy atom. The van der Waals surface area contributed by atoms with Crippen LogP contribution < -0.4 is 10.6 Å². The van der Waals surface area contributed by atoms with Gasteiger partial charge in [-0.2, -0.15) is 0 Å². The van der Waals surface area contributed by atoms with E-state index >= 15 is 0 Å². The Hall–Kier alpha value is -4.93. The monoisotopic (exact) mass is 561 g/mol. The van der Waals surface area contributed by atoms with Crippen molar-refractivity contribution in [1.82, 2.24) is 15.0 Å². The lowest BCUT2D eigenvalue weighted by atomic mass is 9.83. The number of hydrogen-bond donors (Lipinski definition) is 5. The highest BCUT2D eigenvalue weighted by Gasteiger charge is 2.63. The van der Waals surface area contributed by atoms with Gasteiger partial charge < -0.3 is 25.6 Å². The van der Waals surface area contributed by atoms with Crippen molar-refractivity contribution in [3.63, 3.8) is 0 Å². The number of amides is 2. The molecule has 1 spiro atoms. The van der Waals surface area contributed by atoms with E-state index in [1.807, 2.05) is 42.5 Å². The zero-order valence-electron chi connectivity index (χ0n) is 22.7. The maximum atomic E-state index is 13.2. The van der Waals surface area contributed by atoms with Gasteiger partial charge >= 0.3 is 0 Å². The van der Waals surface area contributed by atoms with Crippen LogP contribution in [0.2, 0.25) is 0 Å². The predicted molar refractivity (Wildman–Crippen MR) is 157 cm³/mol. The Morgan fingerprint density at radius 1 is 0.905 bits per heavy atom. The number of benzene rings is 2. The standard InChI is InChI=1S/C32H27N5O5/c1-41-42-15-22-10-16-8-20(4-6-24(16)33-22)34-30(39)26-11-17-9-21(5-7-25(17)36-26)35-31(40)27-13-23-29(37-27)28(38)12-18-2-3-19-14-32(18,19)23/h4-13,19,33,36-37H,2-3,14-15H2,1H3,(H,34,39)(H,35,40). The maximum absolute atomic E-state index is 13.2. The number of aromatic nitrogens is 3. The number of ketones is 1. The number of allylic oxidation sites excluding steroid dienone is 2. The summed E-state index contributed by atoms with van der Waals surface area (Å²) in [6.07, 6.45) is 4.91. The third-order valence-corrected chi connectivity index (χ3v) is 8.92. The van der Waals surface area contributed by atoms with E-state index in [0.717, 1.165) is 52.3 Å². The van der Waals surface area contributed by atoms with Gasteiger partial charge in [-0.05, 0) is 91.4 Å². The fraction of sp³-hybridized carbons (Fsp3) is 0.219. The Balaban J connectivity index is 0.982. The number of fused-ring (bicyclic) bond motifs is 3. The number of carbonyl (C=O) groups is 3. The van der Waals surface area contributed by atoms with Crippen molar-refractivity contribution in [1.29, 1.82) is 0 Å². The number of carbonyl (C=O) groups excluding carboxylic acids is 3. The molecule has 0 saturated heterocycles. The highest BCUT2D eigenvalue weighted by molar-refractivity contribution is 6.11. The number of hydrogen-bond acceptors (Lipinski definition) is 5.